The first-order valence-corrected chi connectivity index (χ1v) is 7.36. The van der Waals surface area contributed by atoms with Gasteiger partial charge in [-0.2, -0.15) is 26.3 Å². The predicted octanol–water partition coefficient (Wildman–Crippen LogP) is 1.20. The van der Waals surface area contributed by atoms with Crippen LogP contribution in [0.25, 0.3) is 4.13 Å². The van der Waals surface area contributed by atoms with E-state index in [9.17, 15) is 43.2 Å². The fourth-order valence-corrected chi connectivity index (χ4v) is 2.30. The third-order valence-electron chi connectivity index (χ3n) is 1.46. The van der Waals surface area contributed by atoms with Gasteiger partial charge in [-0.05, 0) is 0 Å². The largest absolute Gasteiger partial charge is 0.480 e. The van der Waals surface area contributed by atoms with Crippen molar-refractivity contribution in [1.82, 2.24) is 4.98 Å². The van der Waals surface area contributed by atoms with Gasteiger partial charge in [0.1, 0.15) is 12.4 Å². The number of sulfonamides is 2. The molecule has 0 radical (unpaired) electrons. The summed E-state index contributed by atoms with van der Waals surface area (Å²) in [5, 5.41) is 0. The van der Waals surface area contributed by atoms with Crippen molar-refractivity contribution in [2.75, 3.05) is 0 Å². The maximum Gasteiger partial charge on any atom is 0.480 e. The molecule has 2 N–H and O–H groups in total. The number of H-pyrrole nitrogens is 2. The van der Waals surface area contributed by atoms with Gasteiger partial charge < -0.3 is 4.13 Å². The van der Waals surface area contributed by atoms with Gasteiger partial charge in [0.15, 0.2) is 20.0 Å². The second kappa shape index (κ2) is 6.18. The Morgan fingerprint density at radius 2 is 1.38 bits per heavy atom. The molecule has 0 fully saturated rings. The molecule has 0 aliphatic rings. The van der Waals surface area contributed by atoms with Gasteiger partial charge in [0.2, 0.25) is 5.82 Å². The maximum absolute atomic E-state index is 11.4. The molecule has 1 aromatic heterocycles. The predicted molar refractivity (Wildman–Crippen MR) is 55.4 cm³/mol. The summed E-state index contributed by atoms with van der Waals surface area (Å²) in [6.07, 6.45) is 3.71. The number of aromatic nitrogens is 2. The number of hydrogen-bond acceptors (Lipinski definition) is 4. The van der Waals surface area contributed by atoms with E-state index < -0.39 is 31.1 Å². The summed E-state index contributed by atoms with van der Waals surface area (Å²) in [5.41, 5.74) is -12.4. The van der Waals surface area contributed by atoms with Gasteiger partial charge in [-0.1, -0.05) is 0 Å². The zero-order valence-electron chi connectivity index (χ0n) is 9.82. The van der Waals surface area contributed by atoms with Crippen molar-refractivity contribution in [2.24, 2.45) is 0 Å². The van der Waals surface area contributed by atoms with Gasteiger partial charge in [-0.25, -0.2) is 26.8 Å². The van der Waals surface area contributed by atoms with Crippen LogP contribution in [0.4, 0.5) is 26.3 Å². The first kappa shape index (κ1) is 19.7. The summed E-state index contributed by atoms with van der Waals surface area (Å²) in [7, 11) is -13.4. The van der Waals surface area contributed by atoms with Crippen LogP contribution in [0.5, 0.6) is 0 Å². The average molecular weight is 363 g/mol. The summed E-state index contributed by atoms with van der Waals surface area (Å²) in [6.45, 7) is 1.97. The molecule has 0 aliphatic carbocycles. The van der Waals surface area contributed by atoms with Gasteiger partial charge in [-0.3, -0.25) is 0 Å². The van der Waals surface area contributed by atoms with E-state index in [0.717, 1.165) is 9.95 Å². The number of nitrogens with one attached hydrogen (secondary N) is 2. The van der Waals surface area contributed by atoms with Crippen LogP contribution in [0.2, 0.25) is 0 Å². The molecule has 15 heteroatoms. The lowest BCUT2D eigenvalue weighted by molar-refractivity contribution is -0.385. The zero-order chi connectivity index (χ0) is 17.1. The minimum atomic E-state index is -6.72. The highest BCUT2D eigenvalue weighted by Crippen LogP contribution is 2.36. The van der Waals surface area contributed by atoms with Crippen molar-refractivity contribution < 1.29 is 48.2 Å². The van der Waals surface area contributed by atoms with E-state index in [1.54, 1.807) is 0 Å². The van der Waals surface area contributed by atoms with Crippen LogP contribution in [-0.2, 0) is 20.0 Å². The molecule has 0 aromatic carbocycles. The minimum absolute atomic E-state index is 0.778. The SMILES string of the molecule is Cc1[nH]cc[nH+]1.O=S(=O)([N-]S(=O)(=O)C(F)(F)F)C(F)(F)F. The van der Waals surface area contributed by atoms with Crippen molar-refractivity contribution in [3.05, 3.63) is 22.3 Å². The minimum Gasteiger partial charge on any atom is -0.421 e. The van der Waals surface area contributed by atoms with Crippen LogP contribution in [-0.4, -0.2) is 32.8 Å². The van der Waals surface area contributed by atoms with Crippen molar-refractivity contribution >= 4 is 20.0 Å². The molecule has 0 unspecified atom stereocenters. The number of nitrogens with zero attached hydrogens (tertiary/aromatic N) is 1. The Kier molecular flexibility index (Phi) is 5.79. The average Bonchev–Trinajstić information content (AvgIpc) is 2.64. The molecule has 0 amide bonds. The van der Waals surface area contributed by atoms with Crippen LogP contribution in [0.15, 0.2) is 12.4 Å². The third-order valence-corrected chi connectivity index (χ3v) is 4.20. The Morgan fingerprint density at radius 3 is 1.52 bits per heavy atom. The molecule has 0 atom stereocenters. The van der Waals surface area contributed by atoms with E-state index in [4.69, 9.17) is 0 Å². The Bertz CT molecular complexity index is 604. The fourth-order valence-electron chi connectivity index (χ4n) is 0.589. The Balaban J connectivity index is 0.000000547. The van der Waals surface area contributed by atoms with Gasteiger partial charge in [0, 0.05) is 6.92 Å². The van der Waals surface area contributed by atoms with Gasteiger partial charge in [-0.15, -0.1) is 0 Å². The van der Waals surface area contributed by atoms with Crippen molar-refractivity contribution in [3.63, 3.8) is 0 Å². The second-order valence-electron chi connectivity index (χ2n) is 3.16. The fraction of sp³-hybridized carbons (Fsp3) is 0.500. The number of imidazole rings is 1. The van der Waals surface area contributed by atoms with Crippen LogP contribution in [0.1, 0.15) is 5.82 Å². The van der Waals surface area contributed by atoms with E-state index >= 15 is 0 Å². The lowest BCUT2D eigenvalue weighted by Gasteiger charge is -2.22. The quantitative estimate of drug-likeness (QED) is 0.796. The third kappa shape index (κ3) is 5.88. The standard InChI is InChI=1S/C4H6N2.C2F6NO4S2/c1-4-5-2-3-6-4;3-1(4,5)14(10,11)9-15(12,13)2(6,7)8/h2-3H,1H3,(H,5,6);/q;-1/p+1. The first-order chi connectivity index (χ1) is 9.10. The van der Waals surface area contributed by atoms with Crippen LogP contribution < -0.4 is 4.98 Å². The topological polar surface area (TPSA) is 112 Å². The molecule has 0 bridgehead atoms. The van der Waals surface area contributed by atoms with E-state index in [2.05, 4.69) is 9.97 Å². The zero-order valence-corrected chi connectivity index (χ0v) is 11.5. The highest BCUT2D eigenvalue weighted by molar-refractivity contribution is 8.13. The van der Waals surface area contributed by atoms with Crippen LogP contribution in [0.3, 0.4) is 0 Å². The van der Waals surface area contributed by atoms with Crippen molar-refractivity contribution in [1.29, 1.82) is 0 Å². The smallest absolute Gasteiger partial charge is 0.421 e. The number of aryl methyl sites for hydroxylation is 1. The van der Waals surface area contributed by atoms with Crippen molar-refractivity contribution in [2.45, 2.75) is 17.9 Å². The number of rotatable bonds is 2. The van der Waals surface area contributed by atoms with Crippen molar-refractivity contribution in [3.8, 4) is 0 Å². The Morgan fingerprint density at radius 1 is 1.00 bits per heavy atom. The summed E-state index contributed by atoms with van der Waals surface area (Å²) >= 11 is 0. The van der Waals surface area contributed by atoms with Gasteiger partial charge in [0.25, 0.3) is 0 Å². The molecule has 124 valence electrons. The van der Waals surface area contributed by atoms with E-state index in [-0.39, 0.29) is 0 Å². The second-order valence-corrected chi connectivity index (χ2v) is 6.59. The molecule has 0 saturated heterocycles. The molecule has 0 spiro atoms. The summed E-state index contributed by atoms with van der Waals surface area (Å²) < 4.78 is 109. The van der Waals surface area contributed by atoms with Crippen LogP contribution in [0, 0.1) is 6.92 Å². The van der Waals surface area contributed by atoms with Gasteiger partial charge in [0.05, 0.1) is 0 Å². The van der Waals surface area contributed by atoms with E-state index in [1.807, 2.05) is 19.3 Å². The number of aromatic amines is 2. The molecule has 1 rings (SSSR count). The maximum atomic E-state index is 11.4. The highest BCUT2D eigenvalue weighted by Gasteiger charge is 2.46. The summed E-state index contributed by atoms with van der Waals surface area (Å²) in [6, 6.07) is 0. The molecule has 0 aliphatic heterocycles. The van der Waals surface area contributed by atoms with Crippen LogP contribution >= 0.6 is 0 Å². The molecule has 7 nitrogen and oxygen atoms in total. The molecule has 21 heavy (non-hydrogen) atoms. The molecular weight excluding hydrogens is 356 g/mol. The number of halogens is 6. The first-order valence-electron chi connectivity index (χ1n) is 4.48. The Labute approximate surface area is 114 Å². The molecular formula is C6H7F6N3O4S2. The molecule has 1 heterocycles. The number of hydrogen-bond donors (Lipinski definition) is 1. The Hall–Kier alpha value is -1.35. The highest BCUT2D eigenvalue weighted by atomic mass is 32.3. The molecule has 0 saturated carbocycles. The summed E-state index contributed by atoms with van der Waals surface area (Å²) in [4.78, 5) is 5.89. The van der Waals surface area contributed by atoms with Gasteiger partial charge >= 0.3 is 11.0 Å². The monoisotopic (exact) mass is 363 g/mol. The van der Waals surface area contributed by atoms with E-state index in [0.29, 0.717) is 0 Å². The molecule has 1 aromatic rings. The van der Waals surface area contributed by atoms with E-state index in [1.165, 1.54) is 0 Å². The number of alkyl halides is 6. The normalized spacial score (nSPS) is 13.5. The lowest BCUT2D eigenvalue weighted by atomic mass is 10.8. The lowest BCUT2D eigenvalue weighted by Crippen LogP contribution is -2.30. The summed E-state index contributed by atoms with van der Waals surface area (Å²) in [5.74, 6) is 1.09.